The first-order valence-corrected chi connectivity index (χ1v) is 9.50. The van der Waals surface area contributed by atoms with Gasteiger partial charge in [-0.05, 0) is 31.3 Å². The number of carbonyl (C=O) groups excluding carboxylic acids is 2. The second kappa shape index (κ2) is 14.0. The Morgan fingerprint density at radius 2 is 1.64 bits per heavy atom. The summed E-state index contributed by atoms with van der Waals surface area (Å²) in [7, 11) is 1.40. The zero-order valence-corrected chi connectivity index (χ0v) is 16.0. The molecule has 0 aliphatic heterocycles. The molecule has 0 amide bonds. The van der Waals surface area contributed by atoms with E-state index >= 15 is 0 Å². The van der Waals surface area contributed by atoms with Crippen LogP contribution in [0, 0.1) is 5.92 Å². The first-order valence-electron chi connectivity index (χ1n) is 9.50. The minimum absolute atomic E-state index is 0.130. The van der Waals surface area contributed by atoms with E-state index in [9.17, 15) is 18.4 Å². The fourth-order valence-corrected chi connectivity index (χ4v) is 2.54. The molecule has 0 fully saturated rings. The van der Waals surface area contributed by atoms with Gasteiger partial charge in [-0.15, -0.1) is 0 Å². The molecule has 0 aliphatic rings. The van der Waals surface area contributed by atoms with E-state index in [1.54, 1.807) is 6.08 Å². The second-order valence-corrected chi connectivity index (χ2v) is 6.74. The van der Waals surface area contributed by atoms with Gasteiger partial charge in [-0.25, -0.2) is 0 Å². The van der Waals surface area contributed by atoms with Crippen LogP contribution in [0.2, 0.25) is 0 Å². The van der Waals surface area contributed by atoms with E-state index in [-0.39, 0.29) is 18.3 Å². The molecule has 1 atom stereocenters. The lowest BCUT2D eigenvalue weighted by atomic mass is 9.99. The predicted octanol–water partition coefficient (Wildman–Crippen LogP) is 5.87. The Kier molecular flexibility index (Phi) is 13.3. The molecule has 0 aromatic heterocycles. The Morgan fingerprint density at radius 3 is 2.24 bits per heavy atom. The Labute approximate surface area is 151 Å². The van der Waals surface area contributed by atoms with Crippen molar-refractivity contribution in [2.24, 2.45) is 5.92 Å². The molecule has 5 heteroatoms. The highest BCUT2D eigenvalue weighted by Crippen LogP contribution is 2.23. The van der Waals surface area contributed by atoms with E-state index in [4.69, 9.17) is 0 Å². The number of rotatable bonds is 15. The van der Waals surface area contributed by atoms with E-state index in [2.05, 4.69) is 4.74 Å². The molecule has 25 heavy (non-hydrogen) atoms. The van der Waals surface area contributed by atoms with Crippen molar-refractivity contribution in [3.05, 3.63) is 12.2 Å². The van der Waals surface area contributed by atoms with E-state index in [0.717, 1.165) is 51.0 Å². The molecule has 0 aliphatic carbocycles. The van der Waals surface area contributed by atoms with Crippen LogP contribution in [-0.4, -0.2) is 24.8 Å². The minimum Gasteiger partial charge on any atom is -0.469 e. The Morgan fingerprint density at radius 1 is 1.04 bits per heavy atom. The molecule has 0 saturated heterocycles. The molecule has 0 bridgehead atoms. The van der Waals surface area contributed by atoms with Crippen molar-refractivity contribution in [3.8, 4) is 0 Å². The van der Waals surface area contributed by atoms with Gasteiger partial charge in [0.15, 0.2) is 0 Å². The number of allylic oxidation sites excluding steroid dienone is 2. The number of carbonyl (C=O) groups is 2. The molecule has 0 N–H and O–H groups in total. The van der Waals surface area contributed by atoms with Gasteiger partial charge in [-0.2, -0.15) is 8.78 Å². The third-order valence-electron chi connectivity index (χ3n) is 4.30. The van der Waals surface area contributed by atoms with Gasteiger partial charge >= 0.3 is 11.9 Å². The molecule has 146 valence electrons. The fourth-order valence-electron chi connectivity index (χ4n) is 2.54. The van der Waals surface area contributed by atoms with Crippen LogP contribution in [0.25, 0.3) is 0 Å². The summed E-state index contributed by atoms with van der Waals surface area (Å²) < 4.78 is 31.7. The van der Waals surface area contributed by atoms with Crippen LogP contribution in [0.1, 0.15) is 84.5 Å². The van der Waals surface area contributed by atoms with Crippen molar-refractivity contribution in [1.82, 2.24) is 0 Å². The zero-order valence-electron chi connectivity index (χ0n) is 16.0. The van der Waals surface area contributed by atoms with Gasteiger partial charge in [0.1, 0.15) is 0 Å². The molecule has 0 spiro atoms. The third kappa shape index (κ3) is 12.7. The monoisotopic (exact) mass is 360 g/mol. The highest BCUT2D eigenvalue weighted by atomic mass is 19.3. The predicted molar refractivity (Wildman–Crippen MR) is 96.7 cm³/mol. The van der Waals surface area contributed by atoms with Gasteiger partial charge in [-0.1, -0.05) is 58.4 Å². The summed E-state index contributed by atoms with van der Waals surface area (Å²) in [6.45, 7) is 3.78. The van der Waals surface area contributed by atoms with Crippen molar-refractivity contribution in [2.45, 2.75) is 90.4 Å². The van der Waals surface area contributed by atoms with Gasteiger partial charge in [0.05, 0.1) is 7.11 Å². The molecule has 0 heterocycles. The van der Waals surface area contributed by atoms with E-state index in [1.807, 2.05) is 13.8 Å². The summed E-state index contributed by atoms with van der Waals surface area (Å²) in [5.41, 5.74) is 0. The number of methoxy groups -OCH3 is 1. The van der Waals surface area contributed by atoms with Gasteiger partial charge < -0.3 is 4.74 Å². The molecule has 0 aromatic rings. The standard InChI is InChI=1S/C20H34F2O3/c1-4-5-16-20(21,22)18(23)15-14-17(2)12-10-8-6-7-9-11-13-19(24)25-3/h14-15,17H,4-13,16H2,1-3H3/b15-14+/t17-/m1/s1. The fraction of sp³-hybridized carbons (Fsp3) is 0.800. The van der Waals surface area contributed by atoms with Gasteiger partial charge in [0.2, 0.25) is 5.78 Å². The smallest absolute Gasteiger partial charge is 0.309 e. The number of ether oxygens (including phenoxy) is 1. The quantitative estimate of drug-likeness (QED) is 0.208. The summed E-state index contributed by atoms with van der Waals surface area (Å²) in [6, 6.07) is 0. The van der Waals surface area contributed by atoms with Crippen molar-refractivity contribution in [1.29, 1.82) is 0 Å². The highest BCUT2D eigenvalue weighted by Gasteiger charge is 2.35. The summed E-state index contributed by atoms with van der Waals surface area (Å²) in [5.74, 6) is -4.32. The number of hydrogen-bond donors (Lipinski definition) is 0. The third-order valence-corrected chi connectivity index (χ3v) is 4.30. The number of halogens is 2. The Hall–Kier alpha value is -1.26. The van der Waals surface area contributed by atoms with Gasteiger partial charge in [-0.3, -0.25) is 9.59 Å². The van der Waals surface area contributed by atoms with Gasteiger partial charge in [0.25, 0.3) is 0 Å². The average molecular weight is 360 g/mol. The van der Waals surface area contributed by atoms with Crippen LogP contribution in [0.5, 0.6) is 0 Å². The van der Waals surface area contributed by atoms with Crippen molar-refractivity contribution < 1.29 is 23.1 Å². The molecule has 0 radical (unpaired) electrons. The molecule has 3 nitrogen and oxygen atoms in total. The molecule has 0 aromatic carbocycles. The zero-order chi connectivity index (χ0) is 19.1. The van der Waals surface area contributed by atoms with E-state index in [1.165, 1.54) is 7.11 Å². The SMILES string of the molecule is CCCCC(F)(F)C(=O)/C=C/[C@H](C)CCCCCCCCC(=O)OC. The number of esters is 1. The summed E-state index contributed by atoms with van der Waals surface area (Å²) in [4.78, 5) is 22.5. The van der Waals surface area contributed by atoms with Crippen LogP contribution < -0.4 is 0 Å². The number of ketones is 1. The Balaban J connectivity index is 3.77. The molecular weight excluding hydrogens is 326 g/mol. The number of hydrogen-bond acceptors (Lipinski definition) is 3. The van der Waals surface area contributed by atoms with Crippen molar-refractivity contribution in [3.63, 3.8) is 0 Å². The second-order valence-electron chi connectivity index (χ2n) is 6.74. The van der Waals surface area contributed by atoms with Crippen LogP contribution >= 0.6 is 0 Å². The first kappa shape index (κ1) is 23.7. The number of unbranched alkanes of at least 4 members (excludes halogenated alkanes) is 6. The largest absolute Gasteiger partial charge is 0.469 e. The lowest BCUT2D eigenvalue weighted by molar-refractivity contribution is -0.140. The number of alkyl halides is 2. The lowest BCUT2D eigenvalue weighted by Crippen LogP contribution is -2.26. The molecular formula is C20H34F2O3. The minimum atomic E-state index is -3.23. The maximum Gasteiger partial charge on any atom is 0.309 e. The van der Waals surface area contributed by atoms with Crippen LogP contribution in [0.3, 0.4) is 0 Å². The topological polar surface area (TPSA) is 43.4 Å². The van der Waals surface area contributed by atoms with Crippen LogP contribution in [0.15, 0.2) is 12.2 Å². The molecule has 0 unspecified atom stereocenters. The molecule has 0 saturated carbocycles. The Bertz CT molecular complexity index is 406. The van der Waals surface area contributed by atoms with Crippen molar-refractivity contribution in [2.75, 3.05) is 7.11 Å². The maximum absolute atomic E-state index is 13.6. The highest BCUT2D eigenvalue weighted by molar-refractivity contribution is 5.95. The van der Waals surface area contributed by atoms with E-state index in [0.29, 0.717) is 19.3 Å². The summed E-state index contributed by atoms with van der Waals surface area (Å²) in [6.07, 6.45) is 10.9. The van der Waals surface area contributed by atoms with Gasteiger partial charge in [0, 0.05) is 12.8 Å². The lowest BCUT2D eigenvalue weighted by Gasteiger charge is -2.12. The summed E-state index contributed by atoms with van der Waals surface area (Å²) in [5, 5.41) is 0. The maximum atomic E-state index is 13.6. The first-order chi connectivity index (χ1) is 11.8. The normalized spacial score (nSPS) is 13.2. The average Bonchev–Trinajstić information content (AvgIpc) is 2.59. The summed E-state index contributed by atoms with van der Waals surface area (Å²) >= 11 is 0. The van der Waals surface area contributed by atoms with Crippen LogP contribution in [-0.2, 0) is 14.3 Å². The van der Waals surface area contributed by atoms with E-state index < -0.39 is 11.7 Å². The van der Waals surface area contributed by atoms with Crippen LogP contribution in [0.4, 0.5) is 8.78 Å². The van der Waals surface area contributed by atoms with Crippen molar-refractivity contribution >= 4 is 11.8 Å². The molecule has 0 rings (SSSR count).